The normalized spacial score (nSPS) is 10.1. The summed E-state index contributed by atoms with van der Waals surface area (Å²) in [5.41, 5.74) is 8.72. The summed E-state index contributed by atoms with van der Waals surface area (Å²) in [6.07, 6.45) is 2.86. The number of benzene rings is 1. The van der Waals surface area contributed by atoms with E-state index in [1.54, 1.807) is 12.3 Å². The van der Waals surface area contributed by atoms with Gasteiger partial charge in [-0.25, -0.2) is 4.98 Å². The van der Waals surface area contributed by atoms with Crippen molar-refractivity contribution >= 4 is 23.5 Å². The van der Waals surface area contributed by atoms with Crippen LogP contribution in [0.25, 0.3) is 11.1 Å². The Bertz CT molecular complexity index is 538. The van der Waals surface area contributed by atoms with Crippen molar-refractivity contribution < 1.29 is 0 Å². The highest BCUT2D eigenvalue weighted by Gasteiger charge is 2.05. The van der Waals surface area contributed by atoms with E-state index in [9.17, 15) is 0 Å². The lowest BCUT2D eigenvalue weighted by Crippen LogP contribution is -1.93. The fourth-order valence-corrected chi connectivity index (χ4v) is 1.70. The van der Waals surface area contributed by atoms with E-state index in [-0.39, 0.29) is 0 Å². The summed E-state index contributed by atoms with van der Waals surface area (Å²) in [4.78, 5) is 4.01. The third kappa shape index (κ3) is 1.90. The van der Waals surface area contributed by atoms with Gasteiger partial charge in [-0.05, 0) is 29.8 Å². The number of pyridine rings is 1. The minimum absolute atomic E-state index is 0.447. The molecule has 0 aliphatic heterocycles. The van der Waals surface area contributed by atoms with Crippen LogP contribution in [-0.4, -0.2) is 11.2 Å². The van der Waals surface area contributed by atoms with Crippen LogP contribution in [0.1, 0.15) is 5.56 Å². The van der Waals surface area contributed by atoms with Crippen LogP contribution in [0.5, 0.6) is 0 Å². The third-order valence-electron chi connectivity index (χ3n) is 2.31. The van der Waals surface area contributed by atoms with Gasteiger partial charge < -0.3 is 11.1 Å². The standard InChI is InChI=1S/C12H10ClN3/c13-12-10(2-1-5-16-12)8-3-4-11(15)9(6-8)7-14/h1-7,14H,15H2. The maximum atomic E-state index is 7.24. The first-order chi connectivity index (χ1) is 7.72. The molecular weight excluding hydrogens is 222 g/mol. The summed E-state index contributed by atoms with van der Waals surface area (Å²) in [7, 11) is 0. The molecule has 1 heterocycles. The van der Waals surface area contributed by atoms with Crippen LogP contribution in [-0.2, 0) is 0 Å². The lowest BCUT2D eigenvalue weighted by Gasteiger charge is -2.06. The molecule has 0 unspecified atom stereocenters. The van der Waals surface area contributed by atoms with Crippen LogP contribution >= 0.6 is 11.6 Å². The average molecular weight is 232 g/mol. The topological polar surface area (TPSA) is 62.8 Å². The Labute approximate surface area is 98.4 Å². The molecular formula is C12H10ClN3. The fourth-order valence-electron chi connectivity index (χ4n) is 1.47. The van der Waals surface area contributed by atoms with Crippen LogP contribution in [0.15, 0.2) is 36.5 Å². The molecule has 80 valence electrons. The highest BCUT2D eigenvalue weighted by atomic mass is 35.5. The molecule has 1 aromatic heterocycles. The summed E-state index contributed by atoms with van der Waals surface area (Å²) >= 11 is 5.99. The van der Waals surface area contributed by atoms with Crippen molar-refractivity contribution in [2.45, 2.75) is 0 Å². The molecule has 4 heteroatoms. The van der Waals surface area contributed by atoms with Crippen molar-refractivity contribution in [3.8, 4) is 11.1 Å². The van der Waals surface area contributed by atoms with Gasteiger partial charge in [0, 0.05) is 29.2 Å². The molecule has 2 rings (SSSR count). The average Bonchev–Trinajstić information content (AvgIpc) is 2.31. The Balaban J connectivity index is 2.57. The summed E-state index contributed by atoms with van der Waals surface area (Å²) in [6, 6.07) is 9.16. The van der Waals surface area contributed by atoms with Crippen LogP contribution in [0.3, 0.4) is 0 Å². The van der Waals surface area contributed by atoms with Crippen LogP contribution < -0.4 is 5.73 Å². The molecule has 0 fully saturated rings. The zero-order valence-corrected chi connectivity index (χ0v) is 9.20. The van der Waals surface area contributed by atoms with Crippen LogP contribution in [0.2, 0.25) is 5.15 Å². The van der Waals surface area contributed by atoms with E-state index < -0.39 is 0 Å². The van der Waals surface area contributed by atoms with Crippen molar-refractivity contribution in [3.05, 3.63) is 47.2 Å². The first-order valence-corrected chi connectivity index (χ1v) is 5.11. The van der Waals surface area contributed by atoms with Gasteiger partial charge >= 0.3 is 0 Å². The van der Waals surface area contributed by atoms with Crippen molar-refractivity contribution in [1.82, 2.24) is 4.98 Å². The number of rotatable bonds is 2. The second-order valence-corrected chi connectivity index (χ2v) is 3.69. The third-order valence-corrected chi connectivity index (χ3v) is 2.61. The Hall–Kier alpha value is -1.87. The molecule has 0 aliphatic carbocycles. The lowest BCUT2D eigenvalue weighted by atomic mass is 10.0. The molecule has 0 radical (unpaired) electrons. The number of aromatic nitrogens is 1. The van der Waals surface area contributed by atoms with Crippen molar-refractivity contribution in [2.24, 2.45) is 0 Å². The second kappa shape index (κ2) is 4.33. The van der Waals surface area contributed by atoms with E-state index in [4.69, 9.17) is 22.7 Å². The Morgan fingerprint density at radius 1 is 1.31 bits per heavy atom. The first-order valence-electron chi connectivity index (χ1n) is 4.73. The largest absolute Gasteiger partial charge is 0.398 e. The van der Waals surface area contributed by atoms with Gasteiger partial charge in [0.15, 0.2) is 0 Å². The summed E-state index contributed by atoms with van der Waals surface area (Å²) in [5, 5.41) is 7.69. The molecule has 16 heavy (non-hydrogen) atoms. The predicted molar refractivity (Wildman–Crippen MR) is 67.0 cm³/mol. The second-order valence-electron chi connectivity index (χ2n) is 3.33. The molecule has 1 aromatic carbocycles. The number of hydrogen-bond donors (Lipinski definition) is 2. The van der Waals surface area contributed by atoms with E-state index in [1.165, 1.54) is 6.21 Å². The zero-order valence-electron chi connectivity index (χ0n) is 8.44. The number of hydrogen-bond acceptors (Lipinski definition) is 3. The van der Waals surface area contributed by atoms with Gasteiger partial charge in [0.25, 0.3) is 0 Å². The van der Waals surface area contributed by atoms with Crippen LogP contribution in [0, 0.1) is 5.41 Å². The smallest absolute Gasteiger partial charge is 0.136 e. The van der Waals surface area contributed by atoms with Gasteiger partial charge in [0.2, 0.25) is 0 Å². The first kappa shape index (κ1) is 10.6. The van der Waals surface area contributed by atoms with E-state index in [2.05, 4.69) is 4.98 Å². The van der Waals surface area contributed by atoms with Crippen molar-refractivity contribution in [1.29, 1.82) is 5.41 Å². The highest BCUT2D eigenvalue weighted by Crippen LogP contribution is 2.27. The Kier molecular flexibility index (Phi) is 2.88. The molecule has 0 amide bonds. The van der Waals surface area contributed by atoms with Gasteiger partial charge in [-0.15, -0.1) is 0 Å². The van der Waals surface area contributed by atoms with E-state index in [0.29, 0.717) is 16.4 Å². The number of halogens is 1. The maximum Gasteiger partial charge on any atom is 0.136 e. The maximum absolute atomic E-state index is 7.24. The lowest BCUT2D eigenvalue weighted by molar-refractivity contribution is 1.33. The van der Waals surface area contributed by atoms with Gasteiger partial charge in [0.05, 0.1) is 0 Å². The Morgan fingerprint density at radius 2 is 2.12 bits per heavy atom. The molecule has 0 saturated carbocycles. The SMILES string of the molecule is N=Cc1cc(-c2cccnc2Cl)ccc1N. The Morgan fingerprint density at radius 3 is 2.81 bits per heavy atom. The summed E-state index contributed by atoms with van der Waals surface area (Å²) in [6.45, 7) is 0. The molecule has 0 saturated heterocycles. The van der Waals surface area contributed by atoms with Gasteiger partial charge in [0.1, 0.15) is 5.15 Å². The van der Waals surface area contributed by atoms with E-state index >= 15 is 0 Å². The van der Waals surface area contributed by atoms with Gasteiger partial charge in [-0.3, -0.25) is 0 Å². The van der Waals surface area contributed by atoms with Crippen LogP contribution in [0.4, 0.5) is 5.69 Å². The fraction of sp³-hybridized carbons (Fsp3) is 0. The number of nitrogens with one attached hydrogen (secondary N) is 1. The van der Waals surface area contributed by atoms with Gasteiger partial charge in [-0.1, -0.05) is 17.7 Å². The molecule has 0 atom stereocenters. The molecule has 2 aromatic rings. The van der Waals surface area contributed by atoms with Crippen molar-refractivity contribution in [3.63, 3.8) is 0 Å². The van der Waals surface area contributed by atoms with E-state index in [0.717, 1.165) is 11.1 Å². The molecule has 3 nitrogen and oxygen atoms in total. The number of nitrogens with two attached hydrogens (primary N) is 1. The van der Waals surface area contributed by atoms with E-state index in [1.807, 2.05) is 24.3 Å². The molecule has 0 aliphatic rings. The number of nitrogens with zero attached hydrogens (tertiary/aromatic N) is 1. The monoisotopic (exact) mass is 231 g/mol. The number of nitrogen functional groups attached to an aromatic ring is 1. The minimum atomic E-state index is 0.447. The predicted octanol–water partition coefficient (Wildman–Crippen LogP) is 2.98. The molecule has 3 N–H and O–H groups in total. The van der Waals surface area contributed by atoms with Gasteiger partial charge in [-0.2, -0.15) is 0 Å². The van der Waals surface area contributed by atoms with Crippen molar-refractivity contribution in [2.75, 3.05) is 5.73 Å². The summed E-state index contributed by atoms with van der Waals surface area (Å²) in [5.74, 6) is 0. The number of anilines is 1. The molecule has 0 spiro atoms. The summed E-state index contributed by atoms with van der Waals surface area (Å²) < 4.78 is 0. The highest BCUT2D eigenvalue weighted by molar-refractivity contribution is 6.32. The molecule has 0 bridgehead atoms. The minimum Gasteiger partial charge on any atom is -0.398 e. The zero-order chi connectivity index (χ0) is 11.5. The quantitative estimate of drug-likeness (QED) is 0.474.